The van der Waals surface area contributed by atoms with Crippen LogP contribution in [0.25, 0.3) is 0 Å². The molecule has 5 heteroatoms. The van der Waals surface area contributed by atoms with Crippen LogP contribution in [0.5, 0.6) is 0 Å². The van der Waals surface area contributed by atoms with Gasteiger partial charge in [0.2, 0.25) is 0 Å². The summed E-state index contributed by atoms with van der Waals surface area (Å²) in [4.78, 5) is 1.12. The van der Waals surface area contributed by atoms with Gasteiger partial charge >= 0.3 is 0 Å². The largest absolute Gasteiger partial charge is 0.399 e. The molecule has 0 saturated carbocycles. The number of ether oxygens (including phenoxy) is 2. The zero-order valence-electron chi connectivity index (χ0n) is 11.4. The molecule has 2 heterocycles. The minimum atomic E-state index is 0.0362. The summed E-state index contributed by atoms with van der Waals surface area (Å²) in [6.07, 6.45) is 4.19. The summed E-state index contributed by atoms with van der Waals surface area (Å²) in [5.41, 5.74) is 6.50. The Bertz CT molecular complexity index is 471. The highest BCUT2D eigenvalue weighted by Crippen LogP contribution is 2.42. The van der Waals surface area contributed by atoms with Crippen molar-refractivity contribution >= 4 is 29.1 Å². The maximum absolute atomic E-state index is 6.27. The molecule has 20 heavy (non-hydrogen) atoms. The number of thioether (sulfide) groups is 1. The summed E-state index contributed by atoms with van der Waals surface area (Å²) in [5, 5.41) is 1.31. The zero-order chi connectivity index (χ0) is 14.0. The SMILES string of the molecule is Nc1ccc(SC2CCOC3(CCOCC3)C2)c(Cl)c1. The first-order valence-electron chi connectivity index (χ1n) is 7.10. The van der Waals surface area contributed by atoms with Gasteiger partial charge in [0.1, 0.15) is 0 Å². The van der Waals surface area contributed by atoms with Crippen molar-refractivity contribution in [3.8, 4) is 0 Å². The minimum Gasteiger partial charge on any atom is -0.399 e. The summed E-state index contributed by atoms with van der Waals surface area (Å²) in [6.45, 7) is 2.48. The normalized spacial score (nSPS) is 25.8. The molecule has 2 N–H and O–H groups in total. The van der Waals surface area contributed by atoms with E-state index in [-0.39, 0.29) is 5.60 Å². The molecule has 3 nitrogen and oxygen atoms in total. The molecule has 0 bridgehead atoms. The van der Waals surface area contributed by atoms with E-state index >= 15 is 0 Å². The van der Waals surface area contributed by atoms with Crippen LogP contribution in [0.15, 0.2) is 23.1 Å². The van der Waals surface area contributed by atoms with Crippen molar-refractivity contribution in [3.05, 3.63) is 23.2 Å². The number of hydrogen-bond acceptors (Lipinski definition) is 4. The first kappa shape index (κ1) is 14.5. The molecule has 0 aromatic heterocycles. The number of nitrogens with two attached hydrogens (primary N) is 1. The van der Waals surface area contributed by atoms with Gasteiger partial charge in [0, 0.05) is 35.7 Å². The standard InChI is InChI=1S/C15H20ClNO2S/c16-13-9-11(17)1-2-14(13)20-12-3-6-19-15(10-12)4-7-18-8-5-15/h1-2,9,12H,3-8,10,17H2. The first-order valence-corrected chi connectivity index (χ1v) is 8.36. The van der Waals surface area contributed by atoms with Gasteiger partial charge in [-0.25, -0.2) is 0 Å². The third kappa shape index (κ3) is 3.25. The third-order valence-electron chi connectivity index (χ3n) is 4.10. The molecule has 0 amide bonds. The van der Waals surface area contributed by atoms with Gasteiger partial charge in [-0.2, -0.15) is 0 Å². The van der Waals surface area contributed by atoms with Gasteiger partial charge < -0.3 is 15.2 Å². The second-order valence-electron chi connectivity index (χ2n) is 5.57. The highest BCUT2D eigenvalue weighted by Gasteiger charge is 2.39. The molecule has 1 spiro atoms. The van der Waals surface area contributed by atoms with E-state index in [1.54, 1.807) is 0 Å². The molecule has 0 radical (unpaired) electrons. The average Bonchev–Trinajstić information content (AvgIpc) is 2.43. The molecule has 1 aromatic rings. The van der Waals surface area contributed by atoms with Crippen LogP contribution >= 0.6 is 23.4 Å². The van der Waals surface area contributed by atoms with E-state index in [1.807, 2.05) is 30.0 Å². The van der Waals surface area contributed by atoms with E-state index < -0.39 is 0 Å². The second-order valence-corrected chi connectivity index (χ2v) is 7.32. The van der Waals surface area contributed by atoms with Crippen LogP contribution in [0.2, 0.25) is 5.02 Å². The highest BCUT2D eigenvalue weighted by atomic mass is 35.5. The molecule has 1 atom stereocenters. The van der Waals surface area contributed by atoms with E-state index in [1.165, 1.54) is 0 Å². The van der Waals surface area contributed by atoms with Crippen LogP contribution in [-0.4, -0.2) is 30.7 Å². The van der Waals surface area contributed by atoms with Crippen LogP contribution in [0, 0.1) is 0 Å². The van der Waals surface area contributed by atoms with Gasteiger partial charge in [0.25, 0.3) is 0 Å². The maximum Gasteiger partial charge on any atom is 0.0737 e. The Morgan fingerprint density at radius 2 is 2.05 bits per heavy atom. The molecular formula is C15H20ClNO2S. The summed E-state index contributed by atoms with van der Waals surface area (Å²) >= 11 is 8.13. The van der Waals surface area contributed by atoms with Crippen molar-refractivity contribution in [2.45, 2.75) is 41.4 Å². The van der Waals surface area contributed by atoms with Gasteiger partial charge in [-0.3, -0.25) is 0 Å². The van der Waals surface area contributed by atoms with Crippen molar-refractivity contribution in [1.82, 2.24) is 0 Å². The number of nitrogen functional groups attached to an aromatic ring is 1. The predicted molar refractivity (Wildman–Crippen MR) is 83.5 cm³/mol. The Kier molecular flexibility index (Phi) is 4.46. The lowest BCUT2D eigenvalue weighted by Crippen LogP contribution is -2.45. The number of hydrogen-bond donors (Lipinski definition) is 1. The van der Waals surface area contributed by atoms with Crippen LogP contribution in [0.3, 0.4) is 0 Å². The number of halogens is 1. The zero-order valence-corrected chi connectivity index (χ0v) is 13.0. The molecule has 3 rings (SSSR count). The van der Waals surface area contributed by atoms with Crippen molar-refractivity contribution in [2.24, 2.45) is 0 Å². The van der Waals surface area contributed by atoms with Crippen LogP contribution in [0.4, 0.5) is 5.69 Å². The summed E-state index contributed by atoms with van der Waals surface area (Å²) in [6, 6.07) is 5.76. The molecule has 1 aromatic carbocycles. The summed E-state index contributed by atoms with van der Waals surface area (Å²) in [7, 11) is 0. The van der Waals surface area contributed by atoms with Crippen molar-refractivity contribution in [2.75, 3.05) is 25.6 Å². The molecule has 110 valence electrons. The first-order chi connectivity index (χ1) is 9.67. The van der Waals surface area contributed by atoms with E-state index in [0.29, 0.717) is 10.9 Å². The smallest absolute Gasteiger partial charge is 0.0737 e. The van der Waals surface area contributed by atoms with Crippen LogP contribution in [0.1, 0.15) is 25.7 Å². The molecule has 2 saturated heterocycles. The molecule has 0 aliphatic carbocycles. The Hall–Kier alpha value is -0.420. The average molecular weight is 314 g/mol. The minimum absolute atomic E-state index is 0.0362. The molecule has 2 aliphatic heterocycles. The van der Waals surface area contributed by atoms with Gasteiger partial charge in [0.15, 0.2) is 0 Å². The molecule has 1 unspecified atom stereocenters. The molecular weight excluding hydrogens is 294 g/mol. The predicted octanol–water partition coefficient (Wildman–Crippen LogP) is 3.74. The van der Waals surface area contributed by atoms with Gasteiger partial charge in [-0.1, -0.05) is 11.6 Å². The van der Waals surface area contributed by atoms with Gasteiger partial charge in [0.05, 0.1) is 10.6 Å². The summed E-state index contributed by atoms with van der Waals surface area (Å²) < 4.78 is 11.5. The fourth-order valence-corrected chi connectivity index (χ4v) is 4.57. The highest BCUT2D eigenvalue weighted by molar-refractivity contribution is 8.00. The topological polar surface area (TPSA) is 44.5 Å². The van der Waals surface area contributed by atoms with Crippen molar-refractivity contribution < 1.29 is 9.47 Å². The summed E-state index contributed by atoms with van der Waals surface area (Å²) in [5.74, 6) is 0. The van der Waals surface area contributed by atoms with Gasteiger partial charge in [-0.05, 0) is 43.9 Å². The lowest BCUT2D eigenvalue weighted by molar-refractivity contribution is -0.131. The van der Waals surface area contributed by atoms with Crippen molar-refractivity contribution in [3.63, 3.8) is 0 Å². The number of anilines is 1. The number of rotatable bonds is 2. The third-order valence-corrected chi connectivity index (χ3v) is 5.87. The lowest BCUT2D eigenvalue weighted by atomic mass is 9.86. The maximum atomic E-state index is 6.27. The molecule has 2 aliphatic rings. The van der Waals surface area contributed by atoms with Crippen molar-refractivity contribution in [1.29, 1.82) is 0 Å². The Morgan fingerprint density at radius 3 is 2.80 bits per heavy atom. The van der Waals surface area contributed by atoms with Crippen LogP contribution < -0.4 is 5.73 Å². The Labute approximate surface area is 129 Å². The second kappa shape index (κ2) is 6.14. The van der Waals surface area contributed by atoms with Gasteiger partial charge in [-0.15, -0.1) is 11.8 Å². The van der Waals surface area contributed by atoms with E-state index in [9.17, 15) is 0 Å². The fourth-order valence-electron chi connectivity index (χ4n) is 2.97. The van der Waals surface area contributed by atoms with E-state index in [2.05, 4.69) is 0 Å². The van der Waals surface area contributed by atoms with E-state index in [4.69, 9.17) is 26.8 Å². The van der Waals surface area contributed by atoms with E-state index in [0.717, 1.165) is 55.4 Å². The Morgan fingerprint density at radius 1 is 1.25 bits per heavy atom. The lowest BCUT2D eigenvalue weighted by Gasteiger charge is -2.43. The van der Waals surface area contributed by atoms with Crippen LogP contribution in [-0.2, 0) is 9.47 Å². The quantitative estimate of drug-likeness (QED) is 0.845. The monoisotopic (exact) mass is 313 g/mol. The Balaban J connectivity index is 1.68. The fraction of sp³-hybridized carbons (Fsp3) is 0.600. The molecule has 2 fully saturated rings. The number of benzene rings is 1.